The van der Waals surface area contributed by atoms with E-state index in [9.17, 15) is 9.18 Å². The van der Waals surface area contributed by atoms with Gasteiger partial charge in [0.25, 0.3) is 0 Å². The fourth-order valence-corrected chi connectivity index (χ4v) is 1.11. The van der Waals surface area contributed by atoms with Gasteiger partial charge in [0.05, 0.1) is 19.8 Å². The third kappa shape index (κ3) is 1.89. The van der Waals surface area contributed by atoms with Gasteiger partial charge >= 0.3 is 5.97 Å². The first-order chi connectivity index (χ1) is 7.15. The van der Waals surface area contributed by atoms with Gasteiger partial charge < -0.3 is 9.47 Å². The lowest BCUT2D eigenvalue weighted by Crippen LogP contribution is -2.08. The van der Waals surface area contributed by atoms with E-state index in [4.69, 9.17) is 10.00 Å². The Labute approximate surface area is 85.8 Å². The molecular formula is C10H8FNO3. The van der Waals surface area contributed by atoms with Gasteiger partial charge in [0.15, 0.2) is 5.82 Å². The molecule has 0 atom stereocenters. The molecule has 4 nitrogen and oxygen atoms in total. The summed E-state index contributed by atoms with van der Waals surface area (Å²) in [5.41, 5.74) is -0.588. The van der Waals surface area contributed by atoms with Crippen molar-refractivity contribution in [2.75, 3.05) is 14.2 Å². The lowest BCUT2D eigenvalue weighted by atomic mass is 10.1. The maximum atomic E-state index is 13.6. The summed E-state index contributed by atoms with van der Waals surface area (Å²) in [6, 6.07) is 4.21. The Hall–Kier alpha value is -2.09. The molecule has 1 rings (SSSR count). The minimum absolute atomic E-state index is 0.0401. The second-order valence-corrected chi connectivity index (χ2v) is 2.61. The molecule has 5 heteroatoms. The summed E-state index contributed by atoms with van der Waals surface area (Å²) in [7, 11) is 2.42. The van der Waals surface area contributed by atoms with Crippen molar-refractivity contribution in [3.63, 3.8) is 0 Å². The molecule has 0 unspecified atom stereocenters. The number of carbonyl (C=O) groups excluding carboxylic acids is 1. The van der Waals surface area contributed by atoms with Crippen molar-refractivity contribution in [1.82, 2.24) is 0 Å². The van der Waals surface area contributed by atoms with Crippen LogP contribution in [0.1, 0.15) is 15.9 Å². The van der Waals surface area contributed by atoms with E-state index in [1.54, 1.807) is 6.07 Å². The van der Waals surface area contributed by atoms with Crippen LogP contribution in [0.25, 0.3) is 0 Å². The van der Waals surface area contributed by atoms with E-state index >= 15 is 0 Å². The molecule has 0 spiro atoms. The van der Waals surface area contributed by atoms with Gasteiger partial charge in [0.2, 0.25) is 0 Å². The molecule has 1 aromatic rings. The van der Waals surface area contributed by atoms with Crippen LogP contribution < -0.4 is 4.74 Å². The van der Waals surface area contributed by atoms with Crippen molar-refractivity contribution < 1.29 is 18.7 Å². The average Bonchev–Trinajstić information content (AvgIpc) is 2.27. The number of rotatable bonds is 2. The van der Waals surface area contributed by atoms with Crippen LogP contribution in [0.4, 0.5) is 4.39 Å². The average molecular weight is 209 g/mol. The number of methoxy groups -OCH3 is 2. The Morgan fingerprint density at radius 1 is 1.47 bits per heavy atom. The first kappa shape index (κ1) is 11.0. The maximum absolute atomic E-state index is 13.6. The molecule has 0 saturated heterocycles. The Morgan fingerprint density at radius 2 is 2.13 bits per heavy atom. The zero-order chi connectivity index (χ0) is 11.4. The molecule has 0 fully saturated rings. The molecule has 0 N–H and O–H groups in total. The molecule has 0 aliphatic carbocycles. The molecule has 1 aromatic carbocycles. The molecule has 0 saturated carbocycles. The summed E-state index contributed by atoms with van der Waals surface area (Å²) >= 11 is 0. The zero-order valence-electron chi connectivity index (χ0n) is 8.20. The first-order valence-corrected chi connectivity index (χ1v) is 4.00. The number of hydrogen-bond acceptors (Lipinski definition) is 4. The topological polar surface area (TPSA) is 59.3 Å². The Bertz CT molecular complexity index is 437. The maximum Gasteiger partial charge on any atom is 0.344 e. The minimum atomic E-state index is -0.927. The van der Waals surface area contributed by atoms with Gasteiger partial charge in [-0.2, -0.15) is 5.26 Å². The Kier molecular flexibility index (Phi) is 3.24. The normalized spacial score (nSPS) is 9.20. The summed E-state index contributed by atoms with van der Waals surface area (Å²) in [4.78, 5) is 11.2. The Balaban J connectivity index is 3.44. The third-order valence-electron chi connectivity index (χ3n) is 1.83. The van der Waals surface area contributed by atoms with E-state index in [1.807, 2.05) is 0 Å². The molecule has 0 bridgehead atoms. The number of carbonyl (C=O) groups is 1. The van der Waals surface area contributed by atoms with Crippen LogP contribution in [-0.4, -0.2) is 20.2 Å². The molecule has 78 valence electrons. The largest absolute Gasteiger partial charge is 0.496 e. The van der Waals surface area contributed by atoms with E-state index in [-0.39, 0.29) is 16.9 Å². The molecule has 0 radical (unpaired) electrons. The molecule has 0 amide bonds. The van der Waals surface area contributed by atoms with Gasteiger partial charge in [-0.05, 0) is 12.1 Å². The van der Waals surface area contributed by atoms with Crippen molar-refractivity contribution in [3.05, 3.63) is 29.1 Å². The van der Waals surface area contributed by atoms with Crippen LogP contribution in [0, 0.1) is 17.1 Å². The fourth-order valence-electron chi connectivity index (χ4n) is 1.11. The highest BCUT2D eigenvalue weighted by Crippen LogP contribution is 2.24. The molecular weight excluding hydrogens is 201 g/mol. The predicted octanol–water partition coefficient (Wildman–Crippen LogP) is 1.49. The van der Waals surface area contributed by atoms with Gasteiger partial charge in [0, 0.05) is 0 Å². The van der Waals surface area contributed by atoms with Crippen LogP contribution in [-0.2, 0) is 4.74 Å². The van der Waals surface area contributed by atoms with Crippen LogP contribution in [0.2, 0.25) is 0 Å². The van der Waals surface area contributed by atoms with Crippen molar-refractivity contribution in [2.24, 2.45) is 0 Å². The molecule has 0 aromatic heterocycles. The summed E-state index contributed by atoms with van der Waals surface area (Å²) < 4.78 is 22.7. The molecule has 15 heavy (non-hydrogen) atoms. The highest BCUT2D eigenvalue weighted by atomic mass is 19.1. The minimum Gasteiger partial charge on any atom is -0.496 e. The number of hydrogen-bond donors (Lipinski definition) is 0. The first-order valence-electron chi connectivity index (χ1n) is 4.00. The van der Waals surface area contributed by atoms with Crippen LogP contribution in [0.5, 0.6) is 5.75 Å². The van der Waals surface area contributed by atoms with Crippen molar-refractivity contribution in [1.29, 1.82) is 5.26 Å². The van der Waals surface area contributed by atoms with Crippen LogP contribution in [0.15, 0.2) is 12.1 Å². The van der Waals surface area contributed by atoms with Crippen LogP contribution in [0.3, 0.4) is 0 Å². The summed E-state index contributed by atoms with van der Waals surface area (Å²) in [6.07, 6.45) is 0. The highest BCUT2D eigenvalue weighted by molar-refractivity contribution is 5.93. The van der Waals surface area contributed by atoms with Gasteiger partial charge in [-0.25, -0.2) is 9.18 Å². The van der Waals surface area contributed by atoms with Gasteiger partial charge in [-0.3, -0.25) is 0 Å². The van der Waals surface area contributed by atoms with E-state index in [1.165, 1.54) is 19.2 Å². The fraction of sp³-hybridized carbons (Fsp3) is 0.200. The lowest BCUT2D eigenvalue weighted by Gasteiger charge is -2.07. The number of nitrogens with zero attached hydrogens (tertiary/aromatic N) is 1. The summed E-state index contributed by atoms with van der Waals surface area (Å²) in [5, 5.41) is 8.58. The SMILES string of the molecule is COC(=O)c1c(OC)ccc(C#N)c1F. The lowest BCUT2D eigenvalue weighted by molar-refractivity contribution is 0.0591. The molecule has 0 aliphatic heterocycles. The van der Waals surface area contributed by atoms with Gasteiger partial charge in [-0.15, -0.1) is 0 Å². The quantitative estimate of drug-likeness (QED) is 0.692. The molecule has 0 aliphatic rings. The van der Waals surface area contributed by atoms with Crippen molar-refractivity contribution in [2.45, 2.75) is 0 Å². The van der Waals surface area contributed by atoms with E-state index in [0.717, 1.165) is 7.11 Å². The number of halogens is 1. The number of nitriles is 1. The highest BCUT2D eigenvalue weighted by Gasteiger charge is 2.21. The summed E-state index contributed by atoms with van der Waals surface area (Å²) in [5.74, 6) is -1.76. The predicted molar refractivity (Wildman–Crippen MR) is 49.0 cm³/mol. The molecule has 0 heterocycles. The number of ether oxygens (including phenoxy) is 2. The number of esters is 1. The van der Waals surface area contributed by atoms with E-state index < -0.39 is 11.8 Å². The smallest absolute Gasteiger partial charge is 0.344 e. The second-order valence-electron chi connectivity index (χ2n) is 2.61. The van der Waals surface area contributed by atoms with Gasteiger partial charge in [-0.1, -0.05) is 0 Å². The van der Waals surface area contributed by atoms with Gasteiger partial charge in [0.1, 0.15) is 17.4 Å². The third-order valence-corrected chi connectivity index (χ3v) is 1.83. The monoisotopic (exact) mass is 209 g/mol. The number of benzene rings is 1. The van der Waals surface area contributed by atoms with E-state index in [0.29, 0.717) is 0 Å². The van der Waals surface area contributed by atoms with Crippen molar-refractivity contribution in [3.8, 4) is 11.8 Å². The standard InChI is InChI=1S/C10H8FNO3/c1-14-7-4-3-6(5-12)9(11)8(7)10(13)15-2/h3-4H,1-2H3. The Morgan fingerprint density at radius 3 is 2.60 bits per heavy atom. The zero-order valence-corrected chi connectivity index (χ0v) is 8.20. The summed E-state index contributed by atoms with van der Waals surface area (Å²) in [6.45, 7) is 0. The van der Waals surface area contributed by atoms with E-state index in [2.05, 4.69) is 4.74 Å². The second kappa shape index (κ2) is 4.42. The van der Waals surface area contributed by atoms with Crippen LogP contribution >= 0.6 is 0 Å². The van der Waals surface area contributed by atoms with Crippen molar-refractivity contribution >= 4 is 5.97 Å².